The third-order valence-corrected chi connectivity index (χ3v) is 7.49. The third kappa shape index (κ3) is 5.76. The minimum absolute atomic E-state index is 0. The molecule has 1 aromatic heterocycles. The van der Waals surface area contributed by atoms with Crippen LogP contribution in [-0.4, -0.2) is 62.8 Å². The van der Waals surface area contributed by atoms with E-state index in [4.69, 9.17) is 0 Å². The first-order chi connectivity index (χ1) is 12.5. The van der Waals surface area contributed by atoms with Crippen molar-refractivity contribution in [3.05, 3.63) is 35.2 Å². The van der Waals surface area contributed by atoms with E-state index in [1.54, 1.807) is 18.4 Å². The van der Waals surface area contributed by atoms with Crippen LogP contribution < -0.4 is 10.6 Å². The Hall–Kier alpha value is -0.950. The Bertz CT molecular complexity index is 852. The molecule has 1 aliphatic rings. The molecule has 27 heavy (non-hydrogen) atoms. The number of guanidine groups is 1. The molecule has 2 aromatic rings. The summed E-state index contributed by atoms with van der Waals surface area (Å²) < 4.78 is 26.2. The lowest BCUT2D eigenvalue weighted by Gasteiger charge is -2.17. The van der Waals surface area contributed by atoms with Gasteiger partial charge in [-0.3, -0.25) is 4.99 Å². The zero-order chi connectivity index (χ0) is 18.6. The first kappa shape index (κ1) is 22.3. The number of nitrogens with one attached hydrogen (secondary N) is 2. The van der Waals surface area contributed by atoms with Crippen LogP contribution in [0.25, 0.3) is 10.1 Å². The van der Waals surface area contributed by atoms with Gasteiger partial charge in [0.2, 0.25) is 10.0 Å². The molecular formula is C17H25IN4O3S2. The molecule has 1 saturated heterocycles. The number of halogens is 1. The lowest BCUT2D eigenvalue weighted by molar-refractivity contribution is 0.184. The van der Waals surface area contributed by atoms with Crippen LogP contribution in [0.1, 0.15) is 17.4 Å². The van der Waals surface area contributed by atoms with Gasteiger partial charge in [0, 0.05) is 42.8 Å². The molecule has 3 rings (SSSR count). The van der Waals surface area contributed by atoms with Gasteiger partial charge in [-0.2, -0.15) is 0 Å². The number of aliphatic imine (C=N–C) groups is 1. The monoisotopic (exact) mass is 524 g/mol. The molecule has 1 aliphatic heterocycles. The van der Waals surface area contributed by atoms with Gasteiger partial charge >= 0.3 is 0 Å². The molecule has 1 fully saturated rings. The molecule has 10 heteroatoms. The van der Waals surface area contributed by atoms with E-state index in [9.17, 15) is 13.5 Å². The Morgan fingerprint density at radius 2 is 2.15 bits per heavy atom. The molecule has 0 amide bonds. The summed E-state index contributed by atoms with van der Waals surface area (Å²) in [6.45, 7) is 1.80. The van der Waals surface area contributed by atoms with E-state index < -0.39 is 16.1 Å². The summed E-state index contributed by atoms with van der Waals surface area (Å²) in [6, 6.07) is 10.0. The van der Waals surface area contributed by atoms with Gasteiger partial charge in [-0.25, -0.2) is 12.7 Å². The van der Waals surface area contributed by atoms with E-state index in [2.05, 4.69) is 15.6 Å². The number of nitrogens with zero attached hydrogens (tertiary/aromatic N) is 2. The molecule has 2 heterocycles. The maximum atomic E-state index is 11.8. The summed E-state index contributed by atoms with van der Waals surface area (Å²) >= 11 is 1.58. The van der Waals surface area contributed by atoms with Crippen LogP contribution in [0.4, 0.5) is 0 Å². The Morgan fingerprint density at radius 1 is 1.37 bits per heavy atom. The van der Waals surface area contributed by atoms with Gasteiger partial charge in [-0.15, -0.1) is 35.3 Å². The van der Waals surface area contributed by atoms with Gasteiger partial charge in [0.25, 0.3) is 0 Å². The van der Waals surface area contributed by atoms with E-state index in [0.29, 0.717) is 38.6 Å². The number of benzene rings is 1. The molecule has 0 bridgehead atoms. The van der Waals surface area contributed by atoms with E-state index in [0.717, 1.165) is 15.0 Å². The van der Waals surface area contributed by atoms with Crippen molar-refractivity contribution in [3.63, 3.8) is 0 Å². The van der Waals surface area contributed by atoms with Crippen LogP contribution in [0.2, 0.25) is 0 Å². The molecule has 3 N–H and O–H groups in total. The predicted molar refractivity (Wildman–Crippen MR) is 122 cm³/mol. The summed E-state index contributed by atoms with van der Waals surface area (Å²) in [4.78, 5) is 5.02. The number of aliphatic hydroxyl groups excluding tert-OH is 1. The SMILES string of the molecule is CN=C(NCCN1CCCS1(=O)=O)NCC(O)c1cc2ccccc2s1.I. The second kappa shape index (κ2) is 10.0. The Balaban J connectivity index is 0.00000261. The van der Waals surface area contributed by atoms with Crippen LogP contribution in [0.15, 0.2) is 35.3 Å². The summed E-state index contributed by atoms with van der Waals surface area (Å²) in [5.74, 6) is 0.781. The zero-order valence-corrected chi connectivity index (χ0v) is 19.1. The summed E-state index contributed by atoms with van der Waals surface area (Å²) in [6.07, 6.45) is 0.0568. The van der Waals surface area contributed by atoms with Crippen molar-refractivity contribution in [2.24, 2.45) is 4.99 Å². The highest BCUT2D eigenvalue weighted by molar-refractivity contribution is 14.0. The van der Waals surface area contributed by atoms with E-state index in [-0.39, 0.29) is 29.7 Å². The van der Waals surface area contributed by atoms with Crippen LogP contribution in [0.5, 0.6) is 0 Å². The number of fused-ring (bicyclic) bond motifs is 1. The van der Waals surface area contributed by atoms with Gasteiger partial charge in [0.15, 0.2) is 5.96 Å². The molecule has 1 unspecified atom stereocenters. The molecule has 0 spiro atoms. The summed E-state index contributed by atoms with van der Waals surface area (Å²) in [5.41, 5.74) is 0. The van der Waals surface area contributed by atoms with Gasteiger partial charge in [-0.1, -0.05) is 18.2 Å². The Morgan fingerprint density at radius 3 is 2.81 bits per heavy atom. The van der Waals surface area contributed by atoms with Crippen molar-refractivity contribution in [1.82, 2.24) is 14.9 Å². The number of hydrogen-bond donors (Lipinski definition) is 3. The maximum Gasteiger partial charge on any atom is 0.214 e. The number of rotatable bonds is 6. The van der Waals surface area contributed by atoms with Crippen molar-refractivity contribution in [3.8, 4) is 0 Å². The molecule has 0 aliphatic carbocycles. The van der Waals surface area contributed by atoms with E-state index in [1.807, 2.05) is 30.3 Å². The highest BCUT2D eigenvalue weighted by Crippen LogP contribution is 2.29. The number of sulfonamides is 1. The van der Waals surface area contributed by atoms with Gasteiger partial charge in [0.05, 0.1) is 5.75 Å². The largest absolute Gasteiger partial charge is 0.386 e. The smallest absolute Gasteiger partial charge is 0.214 e. The second-order valence-corrected chi connectivity index (χ2v) is 9.35. The maximum absolute atomic E-state index is 11.8. The minimum Gasteiger partial charge on any atom is -0.386 e. The lowest BCUT2D eigenvalue weighted by Crippen LogP contribution is -2.43. The zero-order valence-electron chi connectivity index (χ0n) is 15.1. The number of hydrogen-bond acceptors (Lipinski definition) is 5. The average molecular weight is 524 g/mol. The van der Waals surface area contributed by atoms with Crippen LogP contribution in [0.3, 0.4) is 0 Å². The topological polar surface area (TPSA) is 94.0 Å². The van der Waals surface area contributed by atoms with Crippen molar-refractivity contribution in [1.29, 1.82) is 0 Å². The fourth-order valence-electron chi connectivity index (χ4n) is 2.92. The highest BCUT2D eigenvalue weighted by Gasteiger charge is 2.27. The Labute approximate surface area is 180 Å². The average Bonchev–Trinajstić information content (AvgIpc) is 3.20. The molecule has 0 saturated carbocycles. The molecule has 0 radical (unpaired) electrons. The fraction of sp³-hybridized carbons (Fsp3) is 0.471. The van der Waals surface area contributed by atoms with Gasteiger partial charge in [0.1, 0.15) is 6.10 Å². The molecule has 7 nitrogen and oxygen atoms in total. The fourth-order valence-corrected chi connectivity index (χ4v) is 5.50. The highest BCUT2D eigenvalue weighted by atomic mass is 127. The molecular weight excluding hydrogens is 499 g/mol. The quantitative estimate of drug-likeness (QED) is 0.304. The van der Waals surface area contributed by atoms with Crippen molar-refractivity contribution < 1.29 is 13.5 Å². The number of thiophene rings is 1. The van der Waals surface area contributed by atoms with Crippen molar-refractivity contribution in [2.75, 3.05) is 39.0 Å². The minimum atomic E-state index is -3.07. The van der Waals surface area contributed by atoms with Crippen LogP contribution in [-0.2, 0) is 10.0 Å². The first-order valence-corrected chi connectivity index (χ1v) is 11.0. The standard InChI is InChI=1S/C17H24N4O3S2.HI/c1-18-17(19-7-9-21-8-4-10-26(21,23)24)20-12-14(22)16-11-13-5-2-3-6-15(13)25-16;/h2-3,5-6,11,14,22H,4,7-10,12H2,1H3,(H2,18,19,20);1H. The molecule has 150 valence electrons. The van der Waals surface area contributed by atoms with Gasteiger partial charge in [-0.05, 0) is 23.9 Å². The van der Waals surface area contributed by atoms with E-state index >= 15 is 0 Å². The summed E-state index contributed by atoms with van der Waals surface area (Å²) in [7, 11) is -1.43. The van der Waals surface area contributed by atoms with Crippen LogP contribution in [0, 0.1) is 0 Å². The molecule has 1 aromatic carbocycles. The second-order valence-electron chi connectivity index (χ2n) is 6.15. The van der Waals surface area contributed by atoms with Gasteiger partial charge < -0.3 is 15.7 Å². The van der Waals surface area contributed by atoms with Crippen molar-refractivity contribution in [2.45, 2.75) is 12.5 Å². The predicted octanol–water partition coefficient (Wildman–Crippen LogP) is 1.75. The first-order valence-electron chi connectivity index (χ1n) is 8.58. The number of aliphatic hydroxyl groups is 1. The summed E-state index contributed by atoms with van der Waals surface area (Å²) in [5, 5.41) is 17.7. The Kier molecular flexibility index (Phi) is 8.28. The third-order valence-electron chi connectivity index (χ3n) is 4.32. The van der Waals surface area contributed by atoms with Crippen LogP contribution >= 0.6 is 35.3 Å². The van der Waals surface area contributed by atoms with Crippen molar-refractivity contribution >= 4 is 61.4 Å². The normalized spacial score (nSPS) is 18.2. The van der Waals surface area contributed by atoms with E-state index in [1.165, 1.54) is 4.31 Å². The lowest BCUT2D eigenvalue weighted by atomic mass is 10.2. The molecule has 1 atom stereocenters.